The van der Waals surface area contributed by atoms with Gasteiger partial charge in [0, 0.05) is 38.0 Å². The standard InChI is InChI=1S/C26H37N5O2/c1-18-15-19(2)25-23(16-18)31(17-22-24(33)8-5-4-7-20(3)27-22)26(29-25)28-21-9-12-30(13-10-21)11-6-14-32/h5,7-8,15-16,21,24,32-33H,4,6,9-14,17H2,1-3H3,(H,28,29)/b8-5?,20-7-,27-22?. The molecule has 3 heterocycles. The van der Waals surface area contributed by atoms with Crippen molar-refractivity contribution in [2.24, 2.45) is 4.99 Å². The largest absolute Gasteiger partial charge is 0.396 e. The topological polar surface area (TPSA) is 85.9 Å². The van der Waals surface area contributed by atoms with Crippen LogP contribution in [-0.2, 0) is 6.54 Å². The normalized spacial score (nSPS) is 22.0. The molecule has 1 aromatic heterocycles. The Morgan fingerprint density at radius 2 is 1.94 bits per heavy atom. The lowest BCUT2D eigenvalue weighted by Gasteiger charge is -2.32. The molecular formula is C26H37N5O2. The number of aromatic nitrogens is 2. The van der Waals surface area contributed by atoms with E-state index in [-0.39, 0.29) is 6.61 Å². The predicted molar refractivity (Wildman–Crippen MR) is 135 cm³/mol. The zero-order chi connectivity index (χ0) is 23.4. The fourth-order valence-electron chi connectivity index (χ4n) is 4.80. The fraction of sp³-hybridized carbons (Fsp3) is 0.538. The van der Waals surface area contributed by atoms with Gasteiger partial charge in [-0.05, 0) is 63.6 Å². The molecule has 0 radical (unpaired) electrons. The molecule has 2 aliphatic heterocycles. The van der Waals surface area contributed by atoms with Crippen LogP contribution in [0.2, 0.25) is 0 Å². The number of allylic oxidation sites excluding steroid dienone is 3. The molecule has 2 aliphatic rings. The molecule has 0 saturated carbocycles. The van der Waals surface area contributed by atoms with E-state index in [0.717, 1.165) is 79.3 Å². The van der Waals surface area contributed by atoms with Crippen molar-refractivity contribution in [2.75, 3.05) is 31.6 Å². The van der Waals surface area contributed by atoms with E-state index in [1.54, 1.807) is 0 Å². The van der Waals surface area contributed by atoms with Gasteiger partial charge in [-0.2, -0.15) is 0 Å². The van der Waals surface area contributed by atoms with Crippen LogP contribution in [0.1, 0.15) is 43.7 Å². The van der Waals surface area contributed by atoms with Gasteiger partial charge in [0.2, 0.25) is 5.95 Å². The number of rotatable bonds is 7. The maximum atomic E-state index is 10.8. The number of aliphatic imine (C=N–C) groups is 1. The zero-order valence-corrected chi connectivity index (χ0v) is 20.1. The maximum absolute atomic E-state index is 10.8. The average Bonchev–Trinajstić information content (AvgIpc) is 3.12. The van der Waals surface area contributed by atoms with Crippen molar-refractivity contribution in [3.8, 4) is 0 Å². The molecule has 1 aromatic carbocycles. The molecule has 4 rings (SSSR count). The number of benzene rings is 1. The van der Waals surface area contributed by atoms with Crippen molar-refractivity contribution in [2.45, 2.75) is 65.1 Å². The van der Waals surface area contributed by atoms with E-state index in [1.165, 1.54) is 5.56 Å². The highest BCUT2D eigenvalue weighted by Crippen LogP contribution is 2.27. The molecule has 7 nitrogen and oxygen atoms in total. The summed E-state index contributed by atoms with van der Waals surface area (Å²) in [6.45, 7) is 9.93. The second kappa shape index (κ2) is 10.6. The van der Waals surface area contributed by atoms with Gasteiger partial charge in [-0.1, -0.05) is 24.3 Å². The number of nitrogens with one attached hydrogen (secondary N) is 1. The van der Waals surface area contributed by atoms with Gasteiger partial charge in [0.15, 0.2) is 0 Å². The molecule has 1 fully saturated rings. The van der Waals surface area contributed by atoms with Crippen LogP contribution in [0.15, 0.2) is 41.1 Å². The molecule has 0 aliphatic carbocycles. The van der Waals surface area contributed by atoms with Crippen molar-refractivity contribution in [3.63, 3.8) is 0 Å². The first-order valence-corrected chi connectivity index (χ1v) is 12.1. The first-order chi connectivity index (χ1) is 15.9. The third kappa shape index (κ3) is 5.72. The highest BCUT2D eigenvalue weighted by atomic mass is 16.3. The van der Waals surface area contributed by atoms with Crippen LogP contribution in [-0.4, -0.2) is 68.8 Å². The Morgan fingerprint density at radius 1 is 1.15 bits per heavy atom. The van der Waals surface area contributed by atoms with Crippen LogP contribution >= 0.6 is 0 Å². The lowest BCUT2D eigenvalue weighted by molar-refractivity contribution is 0.192. The highest BCUT2D eigenvalue weighted by Gasteiger charge is 2.23. The minimum Gasteiger partial charge on any atom is -0.396 e. The number of nitrogens with zero attached hydrogens (tertiary/aromatic N) is 4. The summed E-state index contributed by atoms with van der Waals surface area (Å²) in [5.41, 5.74) is 6.06. The molecule has 0 bridgehead atoms. The number of anilines is 1. The summed E-state index contributed by atoms with van der Waals surface area (Å²) >= 11 is 0. The molecule has 178 valence electrons. The molecular weight excluding hydrogens is 414 g/mol. The van der Waals surface area contributed by atoms with Crippen LogP contribution < -0.4 is 5.32 Å². The summed E-state index contributed by atoms with van der Waals surface area (Å²) in [5.74, 6) is 0.843. The van der Waals surface area contributed by atoms with Crippen LogP contribution in [0.25, 0.3) is 11.0 Å². The summed E-state index contributed by atoms with van der Waals surface area (Å²) in [5, 5.41) is 23.6. The first-order valence-electron chi connectivity index (χ1n) is 12.1. The predicted octanol–water partition coefficient (Wildman–Crippen LogP) is 3.58. The Labute approximate surface area is 196 Å². The van der Waals surface area contributed by atoms with Gasteiger partial charge in [-0.15, -0.1) is 0 Å². The van der Waals surface area contributed by atoms with Crippen LogP contribution in [0.5, 0.6) is 0 Å². The summed E-state index contributed by atoms with van der Waals surface area (Å²) in [7, 11) is 0. The van der Waals surface area contributed by atoms with E-state index in [2.05, 4.69) is 46.8 Å². The molecule has 1 unspecified atom stereocenters. The Kier molecular flexibility index (Phi) is 7.63. The number of imidazole rings is 1. The summed E-state index contributed by atoms with van der Waals surface area (Å²) < 4.78 is 2.18. The van der Waals surface area contributed by atoms with E-state index in [0.29, 0.717) is 12.6 Å². The smallest absolute Gasteiger partial charge is 0.204 e. The van der Waals surface area contributed by atoms with E-state index < -0.39 is 6.10 Å². The van der Waals surface area contributed by atoms with Crippen LogP contribution in [0.3, 0.4) is 0 Å². The van der Waals surface area contributed by atoms with Gasteiger partial charge >= 0.3 is 0 Å². The Morgan fingerprint density at radius 3 is 2.70 bits per heavy atom. The molecule has 1 atom stereocenters. The second-order valence-electron chi connectivity index (χ2n) is 9.37. The quantitative estimate of drug-likeness (QED) is 0.560. The number of fused-ring (bicyclic) bond motifs is 1. The van der Waals surface area contributed by atoms with Crippen molar-refractivity contribution >= 4 is 22.7 Å². The number of aryl methyl sites for hydroxylation is 2. The molecule has 1 saturated heterocycles. The van der Waals surface area contributed by atoms with Gasteiger partial charge in [-0.3, -0.25) is 4.99 Å². The van der Waals surface area contributed by atoms with Crippen molar-refractivity contribution in [1.82, 2.24) is 14.5 Å². The van der Waals surface area contributed by atoms with E-state index in [4.69, 9.17) is 15.1 Å². The van der Waals surface area contributed by atoms with Gasteiger partial charge in [0.1, 0.15) is 6.10 Å². The lowest BCUT2D eigenvalue weighted by atomic mass is 10.1. The van der Waals surface area contributed by atoms with Gasteiger partial charge in [-0.25, -0.2) is 4.98 Å². The minimum atomic E-state index is -0.709. The third-order valence-corrected chi connectivity index (χ3v) is 6.59. The SMILES string of the molecule is C/C1=C/CC=CC(O)C(Cn2c(NC3CCN(CCCO)CC3)nc3c(C)cc(C)cc32)=N1. The van der Waals surface area contributed by atoms with E-state index in [9.17, 15) is 5.11 Å². The Bertz CT molecular complexity index is 1060. The van der Waals surface area contributed by atoms with Crippen molar-refractivity contribution in [1.29, 1.82) is 0 Å². The number of likely N-dealkylation sites (tertiary alicyclic amines) is 1. The highest BCUT2D eigenvalue weighted by molar-refractivity contribution is 5.93. The first kappa shape index (κ1) is 23.7. The Hall–Kier alpha value is -2.48. The summed E-state index contributed by atoms with van der Waals surface area (Å²) in [6.07, 6.45) is 8.89. The van der Waals surface area contributed by atoms with Crippen LogP contribution in [0, 0.1) is 13.8 Å². The molecule has 3 N–H and O–H groups in total. The van der Waals surface area contributed by atoms with Crippen molar-refractivity contribution in [3.05, 3.63) is 47.2 Å². The minimum absolute atomic E-state index is 0.251. The molecule has 7 heteroatoms. The molecule has 0 amide bonds. The zero-order valence-electron chi connectivity index (χ0n) is 20.1. The van der Waals surface area contributed by atoms with Gasteiger partial charge in [0.25, 0.3) is 0 Å². The van der Waals surface area contributed by atoms with Gasteiger partial charge in [0.05, 0.1) is 23.3 Å². The molecule has 0 spiro atoms. The number of aliphatic hydroxyl groups excluding tert-OH is 2. The van der Waals surface area contributed by atoms with E-state index >= 15 is 0 Å². The van der Waals surface area contributed by atoms with Crippen molar-refractivity contribution < 1.29 is 10.2 Å². The van der Waals surface area contributed by atoms with E-state index in [1.807, 2.05) is 19.1 Å². The average molecular weight is 452 g/mol. The fourth-order valence-corrected chi connectivity index (χ4v) is 4.80. The third-order valence-electron chi connectivity index (χ3n) is 6.59. The summed E-state index contributed by atoms with van der Waals surface area (Å²) in [6, 6.07) is 4.69. The number of hydrogen-bond donors (Lipinski definition) is 3. The second-order valence-corrected chi connectivity index (χ2v) is 9.37. The summed E-state index contributed by atoms with van der Waals surface area (Å²) in [4.78, 5) is 12.2. The lowest BCUT2D eigenvalue weighted by Crippen LogP contribution is -2.40. The monoisotopic (exact) mass is 451 g/mol. The molecule has 2 aromatic rings. The maximum Gasteiger partial charge on any atom is 0.204 e. The Balaban J connectivity index is 1.63. The van der Waals surface area contributed by atoms with Gasteiger partial charge < -0.3 is 25.0 Å². The number of hydrogen-bond acceptors (Lipinski definition) is 6. The molecule has 33 heavy (non-hydrogen) atoms. The number of piperidine rings is 1. The van der Waals surface area contributed by atoms with Crippen LogP contribution in [0.4, 0.5) is 5.95 Å². The number of aliphatic hydroxyl groups is 2.